The van der Waals surface area contributed by atoms with Crippen LogP contribution in [0.2, 0.25) is 0 Å². The molecule has 0 fully saturated rings. The molecule has 0 saturated heterocycles. The van der Waals surface area contributed by atoms with E-state index in [0.29, 0.717) is 91.0 Å². The van der Waals surface area contributed by atoms with Crippen molar-refractivity contribution in [3.8, 4) is 0 Å². The molecule has 0 bridgehead atoms. The molecule has 0 rings (SSSR count). The molecule has 0 spiro atoms. The fourth-order valence-electron chi connectivity index (χ4n) is 8.67. The van der Waals surface area contributed by atoms with E-state index in [4.69, 9.17) is 0 Å². The zero-order chi connectivity index (χ0) is 73.6. The minimum Gasteiger partial charge on any atom is -0.388 e. The highest BCUT2D eigenvalue weighted by Crippen LogP contribution is 2.63. The molecular weight excluding hydrogens is 1800 g/mol. The monoisotopic (exact) mass is 1910 g/mol. The van der Waals surface area contributed by atoms with Crippen LogP contribution in [0, 0.1) is 5.92 Å². The molecule has 0 radical (unpaired) electrons. The van der Waals surface area contributed by atoms with Gasteiger partial charge in [-0.1, -0.05) is 194 Å². The third kappa shape index (κ3) is 64.5. The number of hydrogen-bond donors (Lipinski definition) is 18. The van der Waals surface area contributed by atoms with Gasteiger partial charge in [0.05, 0.1) is 20.7 Å². The van der Waals surface area contributed by atoms with Crippen LogP contribution in [0.15, 0.2) is 0 Å². The zero-order valence-electron chi connectivity index (χ0n) is 55.6. The molecule has 0 saturated carbocycles. The first-order valence-electron chi connectivity index (χ1n) is 32.1. The van der Waals surface area contributed by atoms with Crippen LogP contribution < -0.4 is 0 Å². The lowest BCUT2D eigenvalue weighted by molar-refractivity contribution is -0.0718. The van der Waals surface area contributed by atoms with Crippen LogP contribution in [0.3, 0.4) is 0 Å². The normalized spacial score (nSPS) is 14.1. The summed E-state index contributed by atoms with van der Waals surface area (Å²) in [6, 6.07) is 0. The van der Waals surface area contributed by atoms with Gasteiger partial charge in [0.25, 0.3) is 0 Å². The Balaban J connectivity index is 8.25. The topological polar surface area (TPSA) is 364 Å². The van der Waals surface area contributed by atoms with Crippen molar-refractivity contribution in [1.29, 1.82) is 0 Å². The molecule has 0 aromatic heterocycles. The van der Waals surface area contributed by atoms with E-state index in [-0.39, 0.29) is 57.3 Å². The van der Waals surface area contributed by atoms with Gasteiger partial charge in [-0.3, -0.25) is 0 Å². The Morgan fingerprint density at radius 3 is 0.687 bits per heavy atom. The quantitative estimate of drug-likeness (QED) is 0.0153. The number of rotatable bonds is 79. The molecule has 0 aliphatic rings. The van der Waals surface area contributed by atoms with Crippen molar-refractivity contribution >= 4 is 283 Å². The summed E-state index contributed by atoms with van der Waals surface area (Å²) in [5.41, 5.74) is -2.41. The maximum atomic E-state index is 14.8. The van der Waals surface area contributed by atoms with E-state index in [1.807, 2.05) is 0 Å². The second kappa shape index (κ2) is 74.3. The van der Waals surface area contributed by atoms with Gasteiger partial charge in [0.15, 0.2) is 50.3 Å². The summed E-state index contributed by atoms with van der Waals surface area (Å²) in [4.78, 5) is 0. The van der Waals surface area contributed by atoms with E-state index in [2.05, 4.69) is 6.92 Å². The van der Waals surface area contributed by atoms with Crippen molar-refractivity contribution in [2.45, 2.75) is 232 Å². The molecule has 0 aliphatic heterocycles. The van der Waals surface area contributed by atoms with Crippen LogP contribution in [0.1, 0.15) is 161 Å². The third-order valence-corrected chi connectivity index (χ3v) is 54.5. The first-order valence-corrected chi connectivity index (χ1v) is 66.2. The van der Waals surface area contributed by atoms with Gasteiger partial charge in [-0.25, -0.2) is 0 Å². The van der Waals surface area contributed by atoms with Gasteiger partial charge in [0, 0.05) is 143 Å². The summed E-state index contributed by atoms with van der Waals surface area (Å²) in [7, 11) is 44.5. The van der Waals surface area contributed by atoms with E-state index in [0.717, 1.165) is 104 Å². The van der Waals surface area contributed by atoms with E-state index in [1.54, 1.807) is 283 Å². The summed E-state index contributed by atoms with van der Waals surface area (Å²) >= 11 is 0. The van der Waals surface area contributed by atoms with Crippen LogP contribution in [0.25, 0.3) is 0 Å². The molecule has 0 aromatic rings. The van der Waals surface area contributed by atoms with Crippen molar-refractivity contribution in [3.05, 3.63) is 0 Å². The second-order valence-electron chi connectivity index (χ2n) is 21.9. The largest absolute Gasteiger partial charge is 0.388 e. The molecule has 0 heterocycles. The Morgan fingerprint density at radius 1 is 0.222 bits per heavy atom. The predicted molar refractivity (Wildman–Crippen MR) is 484 cm³/mol. The summed E-state index contributed by atoms with van der Waals surface area (Å²) in [6.45, 7) is 2.21. The lowest BCUT2D eigenvalue weighted by Crippen LogP contribution is -2.57. The van der Waals surface area contributed by atoms with Gasteiger partial charge in [0.1, 0.15) is 0 Å². The summed E-state index contributed by atoms with van der Waals surface area (Å²) in [5.74, 6) is 10.7. The zero-order valence-corrected chi connectivity index (χ0v) is 77.6. The second-order valence-corrected chi connectivity index (χ2v) is 62.4. The van der Waals surface area contributed by atoms with E-state index in [1.165, 1.54) is 0 Å². The van der Waals surface area contributed by atoms with Gasteiger partial charge in [-0.2, -0.15) is 0 Å². The number of aliphatic hydroxyl groups is 18. The van der Waals surface area contributed by atoms with Crippen molar-refractivity contribution in [3.63, 3.8) is 0 Å². The summed E-state index contributed by atoms with van der Waals surface area (Å²) in [6.07, 6.45) is 2.24. The number of hydrogen-bond acceptors (Lipinski definition) is 45. The molecule has 99 heavy (non-hydrogen) atoms. The van der Waals surface area contributed by atoms with Crippen LogP contribution in [0.5, 0.6) is 0 Å². The summed E-state index contributed by atoms with van der Waals surface area (Å²) in [5, 5.41) is 181. The van der Waals surface area contributed by atoms with E-state index in [9.17, 15) is 91.9 Å². The smallest absolute Gasteiger partial charge is 0.152 e. The Morgan fingerprint density at radius 2 is 0.434 bits per heavy atom. The van der Waals surface area contributed by atoms with Crippen LogP contribution >= 0.6 is 283 Å². The maximum Gasteiger partial charge on any atom is 0.152 e. The molecule has 0 aliphatic carbocycles. The lowest BCUT2D eigenvalue weighted by atomic mass is 9.67. The summed E-state index contributed by atoms with van der Waals surface area (Å²) < 4.78 is -1.48. The predicted octanol–water partition coefficient (Wildman–Crippen LogP) is 16.7. The molecule has 18 nitrogen and oxygen atoms in total. The average molecular weight is 1910 g/mol. The van der Waals surface area contributed by atoms with E-state index < -0.39 is 71.0 Å². The molecule has 596 valence electrons. The van der Waals surface area contributed by atoms with Crippen molar-refractivity contribution in [2.24, 2.45) is 5.92 Å². The highest BCUT2D eigenvalue weighted by Gasteiger charge is 2.55. The molecular formula is C54H110O18S27. The molecule has 0 amide bonds. The molecule has 2 unspecified atom stereocenters. The fourth-order valence-corrected chi connectivity index (χ4v) is 46.8. The van der Waals surface area contributed by atoms with Crippen LogP contribution in [-0.4, -0.2) is 255 Å². The molecule has 0 aromatic carbocycles. The van der Waals surface area contributed by atoms with Gasteiger partial charge in [-0.05, 0) is 204 Å². The Labute approximate surface area is 695 Å². The highest BCUT2D eigenvalue weighted by atomic mass is 33.5. The Hall–Kier alpha value is 8.73. The Bertz CT molecular complexity index is 1670. The van der Waals surface area contributed by atoms with Crippen molar-refractivity contribution in [1.82, 2.24) is 0 Å². The van der Waals surface area contributed by atoms with Crippen molar-refractivity contribution in [2.75, 3.05) is 92.0 Å². The molecule has 2 atom stereocenters. The van der Waals surface area contributed by atoms with Gasteiger partial charge < -0.3 is 91.9 Å². The van der Waals surface area contributed by atoms with Gasteiger partial charge >= 0.3 is 0 Å². The van der Waals surface area contributed by atoms with Gasteiger partial charge in [-0.15, -0.1) is 0 Å². The van der Waals surface area contributed by atoms with Gasteiger partial charge in [0.2, 0.25) is 0 Å². The maximum absolute atomic E-state index is 14.8. The highest BCUT2D eigenvalue weighted by molar-refractivity contribution is 9.12. The first-order chi connectivity index (χ1) is 47.4. The van der Waals surface area contributed by atoms with Crippen molar-refractivity contribution < 1.29 is 91.9 Å². The van der Waals surface area contributed by atoms with E-state index >= 15 is 0 Å². The average Bonchev–Trinajstić information content (AvgIpc) is 0.759. The number of aliphatic hydroxyl groups excluding tert-OH is 8. The third-order valence-electron chi connectivity index (χ3n) is 13.8. The first kappa shape index (κ1) is 108. The standard InChI is InChI=1S/C54H110O18S27/c1-51(20-4-28-75-93-83-36-14-45(59)60,52(71,21-5-29-76-94-84-37-15-46(61)62)22-6-30-77-95-85-38-16-47(63)64)89-99-90-53(23-7-31-78-96-86-39-17-48(65)66,24-8-32-79-97-87-40-18-49(67)68)54(72,25-9-33-80-98-88-41-19-50(69)70)42(10-2-26-73-91-81-34-12-43(55)56)11-3-27-74-92-82-35-13-44(57)58/h42-50,55-72H,2-41H2,1H3. The minimum atomic E-state index is -1.38. The van der Waals surface area contributed by atoms with Crippen LogP contribution in [-0.2, 0) is 0 Å². The lowest BCUT2D eigenvalue weighted by Gasteiger charge is -2.52. The molecule has 45 heteroatoms. The minimum absolute atomic E-state index is 0.162. The fraction of sp³-hybridized carbons (Fsp3) is 1.00. The Kier molecular flexibility index (Phi) is 80.8. The SMILES string of the molecule is CC(CCCSSSCCC(O)O)(SSSC(CCCSSSCCC(O)O)(CCCSSSCCC(O)O)C(O)(CCCSSSCCC(O)O)C(CCCSSSCCC(O)O)CCCSSSCCC(O)O)C(O)(CCCSSSCCC(O)O)CCCSSSCCC(O)O. The van der Waals surface area contributed by atoms with Crippen LogP contribution in [0.4, 0.5) is 0 Å². The molecule has 18 N–H and O–H groups in total.